The molecule has 3 N–H and O–H groups in total. The third kappa shape index (κ3) is 5.88. The Morgan fingerprint density at radius 2 is 2.07 bits per heavy atom. The van der Waals surface area contributed by atoms with E-state index in [-0.39, 0.29) is 16.5 Å². The quantitative estimate of drug-likeness (QED) is 0.509. The molecule has 27 heavy (non-hydrogen) atoms. The third-order valence-electron chi connectivity index (χ3n) is 5.68. The van der Waals surface area contributed by atoms with Gasteiger partial charge in [-0.3, -0.25) is 0 Å². The summed E-state index contributed by atoms with van der Waals surface area (Å²) in [6.45, 7) is 8.24. The normalized spacial score (nSPS) is 22.5. The second-order valence-corrected chi connectivity index (χ2v) is 8.44. The minimum Gasteiger partial charge on any atom is -0.432 e. The predicted molar refractivity (Wildman–Crippen MR) is 113 cm³/mol. The number of nitrogens with one attached hydrogen (secondary N) is 1. The molecule has 1 aliphatic rings. The molecular weight excluding hydrogens is 360 g/mol. The van der Waals surface area contributed by atoms with Gasteiger partial charge in [0, 0.05) is 12.0 Å². The lowest BCUT2D eigenvalue weighted by Crippen LogP contribution is -2.47. The smallest absolute Gasteiger partial charge is 0.262 e. The summed E-state index contributed by atoms with van der Waals surface area (Å²) in [4.78, 5) is 2.42. The number of aliphatic hydroxyl groups excluding tert-OH is 1. The van der Waals surface area contributed by atoms with Crippen molar-refractivity contribution in [3.63, 3.8) is 0 Å². The van der Waals surface area contributed by atoms with Crippen LogP contribution >= 0.6 is 12.2 Å². The first kappa shape index (κ1) is 22.1. The van der Waals surface area contributed by atoms with Gasteiger partial charge in [-0.1, -0.05) is 39.3 Å². The fraction of sp³-hybridized carbons (Fsp3) is 0.667. The van der Waals surface area contributed by atoms with E-state index in [1.54, 1.807) is 0 Å². The number of likely N-dealkylation sites (tertiary alicyclic amines) is 1. The van der Waals surface area contributed by atoms with Crippen LogP contribution in [0.15, 0.2) is 24.3 Å². The van der Waals surface area contributed by atoms with Crippen molar-refractivity contribution in [1.29, 1.82) is 0 Å². The number of benzene rings is 1. The highest BCUT2D eigenvalue weighted by Crippen LogP contribution is 2.37. The molecule has 2 rings (SSSR count). The van der Waals surface area contributed by atoms with E-state index in [1.165, 1.54) is 24.8 Å². The molecule has 2 unspecified atom stereocenters. The zero-order chi connectivity index (χ0) is 20.0. The SMILES string of the molecule is CCC1(c2cccc(OC(=S)NC(C(C)C)C(O)O)c2)CCCCN(C)C1. The zero-order valence-electron chi connectivity index (χ0n) is 16.9. The number of thiocarbonyl (C=S) groups is 1. The number of hydrogen-bond acceptors (Lipinski definition) is 5. The summed E-state index contributed by atoms with van der Waals surface area (Å²) in [7, 11) is 2.20. The van der Waals surface area contributed by atoms with Gasteiger partial charge in [-0.25, -0.2) is 0 Å². The van der Waals surface area contributed by atoms with Crippen molar-refractivity contribution in [3.8, 4) is 5.75 Å². The van der Waals surface area contributed by atoms with Crippen molar-refractivity contribution in [2.75, 3.05) is 20.1 Å². The van der Waals surface area contributed by atoms with Gasteiger partial charge in [0.05, 0.1) is 6.04 Å². The van der Waals surface area contributed by atoms with Gasteiger partial charge >= 0.3 is 0 Å². The third-order valence-corrected chi connectivity index (χ3v) is 5.88. The molecule has 0 radical (unpaired) electrons. The van der Waals surface area contributed by atoms with Crippen LogP contribution in [-0.4, -0.2) is 52.8 Å². The molecule has 1 fully saturated rings. The topological polar surface area (TPSA) is 65.0 Å². The first-order valence-corrected chi connectivity index (χ1v) is 10.3. The molecule has 6 heteroatoms. The van der Waals surface area contributed by atoms with Crippen LogP contribution in [0.25, 0.3) is 0 Å². The summed E-state index contributed by atoms with van der Waals surface area (Å²) in [6.07, 6.45) is 3.22. The average Bonchev–Trinajstić information content (AvgIpc) is 2.81. The second kappa shape index (κ2) is 9.82. The van der Waals surface area contributed by atoms with Gasteiger partial charge in [-0.05, 0) is 68.7 Å². The summed E-state index contributed by atoms with van der Waals surface area (Å²) in [5.74, 6) is 0.683. The molecule has 152 valence electrons. The van der Waals surface area contributed by atoms with Crippen LogP contribution in [0, 0.1) is 5.92 Å². The Bertz CT molecular complexity index is 615. The molecule has 0 saturated carbocycles. The Balaban J connectivity index is 2.15. The highest BCUT2D eigenvalue weighted by atomic mass is 32.1. The maximum absolute atomic E-state index is 9.50. The molecule has 1 aliphatic heterocycles. The van der Waals surface area contributed by atoms with E-state index in [4.69, 9.17) is 17.0 Å². The van der Waals surface area contributed by atoms with E-state index in [2.05, 4.69) is 36.3 Å². The molecule has 1 aromatic rings. The highest BCUT2D eigenvalue weighted by molar-refractivity contribution is 7.80. The Hall–Kier alpha value is -1.21. The number of aliphatic hydroxyl groups is 2. The fourth-order valence-electron chi connectivity index (χ4n) is 4.00. The molecule has 1 saturated heterocycles. The summed E-state index contributed by atoms with van der Waals surface area (Å²) in [6, 6.07) is 7.59. The van der Waals surface area contributed by atoms with Gasteiger partial charge in [0.1, 0.15) is 5.75 Å². The largest absolute Gasteiger partial charge is 0.432 e. The minimum atomic E-state index is -1.50. The number of rotatable bonds is 6. The van der Waals surface area contributed by atoms with Gasteiger partial charge in [0.2, 0.25) is 0 Å². The van der Waals surface area contributed by atoms with Crippen LogP contribution in [0.4, 0.5) is 0 Å². The van der Waals surface area contributed by atoms with Gasteiger partial charge in [0.25, 0.3) is 5.17 Å². The lowest BCUT2D eigenvalue weighted by molar-refractivity contribution is -0.0733. The van der Waals surface area contributed by atoms with E-state index in [9.17, 15) is 10.2 Å². The molecule has 0 bridgehead atoms. The maximum atomic E-state index is 9.50. The first-order chi connectivity index (χ1) is 12.8. The van der Waals surface area contributed by atoms with Crippen molar-refractivity contribution >= 4 is 17.4 Å². The lowest BCUT2D eigenvalue weighted by Gasteiger charge is -2.35. The Morgan fingerprint density at radius 1 is 1.33 bits per heavy atom. The molecule has 0 amide bonds. The molecule has 0 spiro atoms. The van der Waals surface area contributed by atoms with Gasteiger partial charge in [-0.15, -0.1) is 0 Å². The Kier molecular flexibility index (Phi) is 8.04. The molecule has 0 aliphatic carbocycles. The molecule has 1 aromatic carbocycles. The number of hydrogen-bond donors (Lipinski definition) is 3. The Labute approximate surface area is 168 Å². The second-order valence-electron chi connectivity index (χ2n) is 8.07. The van der Waals surface area contributed by atoms with Crippen molar-refractivity contribution in [1.82, 2.24) is 10.2 Å². The fourth-order valence-corrected chi connectivity index (χ4v) is 4.23. The van der Waals surface area contributed by atoms with Crippen LogP contribution in [0.2, 0.25) is 0 Å². The van der Waals surface area contributed by atoms with Crippen LogP contribution in [0.3, 0.4) is 0 Å². The number of ether oxygens (including phenoxy) is 1. The monoisotopic (exact) mass is 394 g/mol. The van der Waals surface area contributed by atoms with Gasteiger partial charge in [0.15, 0.2) is 6.29 Å². The zero-order valence-corrected chi connectivity index (χ0v) is 17.8. The molecule has 2 atom stereocenters. The van der Waals surface area contributed by atoms with Gasteiger partial charge in [-0.2, -0.15) is 0 Å². The van der Waals surface area contributed by atoms with Crippen molar-refractivity contribution in [2.45, 2.75) is 64.2 Å². The van der Waals surface area contributed by atoms with Crippen LogP contribution in [0.5, 0.6) is 5.75 Å². The standard InChI is InChI=1S/C21H34N2O3S/c1-5-21(11-6-7-12-23(4)14-21)16-9-8-10-17(13-16)26-20(27)22-18(15(2)3)19(24)25/h8-10,13,15,18-19,24-25H,5-7,11-12,14H2,1-4H3,(H,22,27). The van der Waals surface area contributed by atoms with Crippen LogP contribution < -0.4 is 10.1 Å². The van der Waals surface area contributed by atoms with Crippen LogP contribution in [-0.2, 0) is 5.41 Å². The summed E-state index contributed by atoms with van der Waals surface area (Å²) < 4.78 is 5.81. The van der Waals surface area contributed by atoms with Crippen molar-refractivity contribution in [2.24, 2.45) is 5.92 Å². The lowest BCUT2D eigenvalue weighted by atomic mass is 9.74. The molecule has 0 aromatic heterocycles. The summed E-state index contributed by atoms with van der Waals surface area (Å²) >= 11 is 5.28. The van der Waals surface area contributed by atoms with E-state index in [0.29, 0.717) is 5.75 Å². The summed E-state index contributed by atoms with van der Waals surface area (Å²) in [5, 5.41) is 22.1. The van der Waals surface area contributed by atoms with Crippen LogP contribution in [0.1, 0.15) is 52.0 Å². The Morgan fingerprint density at radius 3 is 2.70 bits per heavy atom. The van der Waals surface area contributed by atoms with Gasteiger partial charge < -0.3 is 25.2 Å². The molecule has 5 nitrogen and oxygen atoms in total. The highest BCUT2D eigenvalue weighted by Gasteiger charge is 2.33. The van der Waals surface area contributed by atoms with Crippen molar-refractivity contribution in [3.05, 3.63) is 29.8 Å². The minimum absolute atomic E-state index is 0.00257. The van der Waals surface area contributed by atoms with Crippen molar-refractivity contribution < 1.29 is 14.9 Å². The maximum Gasteiger partial charge on any atom is 0.262 e. The summed E-state index contributed by atoms with van der Waals surface area (Å²) in [5.41, 5.74) is 1.41. The number of likely N-dealkylation sites (N-methyl/N-ethyl adjacent to an activating group) is 1. The average molecular weight is 395 g/mol. The first-order valence-electron chi connectivity index (χ1n) is 9.91. The van der Waals surface area contributed by atoms with E-state index in [1.807, 2.05) is 26.0 Å². The predicted octanol–water partition coefficient (Wildman–Crippen LogP) is 3.04. The van der Waals surface area contributed by atoms with E-state index >= 15 is 0 Å². The number of nitrogens with zero attached hydrogens (tertiary/aromatic N) is 1. The van der Waals surface area contributed by atoms with E-state index in [0.717, 1.165) is 19.5 Å². The molecular formula is C21H34N2O3S. The molecule has 1 heterocycles. The van der Waals surface area contributed by atoms with E-state index < -0.39 is 12.3 Å².